The van der Waals surface area contributed by atoms with Crippen LogP contribution in [0.2, 0.25) is 0 Å². The van der Waals surface area contributed by atoms with Gasteiger partial charge in [0.2, 0.25) is 0 Å². The van der Waals surface area contributed by atoms with E-state index in [-0.39, 0.29) is 24.0 Å². The molecule has 0 spiro atoms. The topological polar surface area (TPSA) is 63.5 Å². The summed E-state index contributed by atoms with van der Waals surface area (Å²) in [7, 11) is 3.45. The van der Waals surface area contributed by atoms with Crippen LogP contribution in [0.5, 0.6) is 0 Å². The third-order valence-corrected chi connectivity index (χ3v) is 3.20. The molecule has 0 radical (unpaired) electrons. The number of hydrogen-bond donors (Lipinski definition) is 2. The highest BCUT2D eigenvalue weighted by atomic mass is 127. The van der Waals surface area contributed by atoms with Gasteiger partial charge in [-0.05, 0) is 11.1 Å². The zero-order valence-electron chi connectivity index (χ0n) is 13.5. The number of hydrogen-bond acceptors (Lipinski definition) is 3. The molecule has 7 heteroatoms. The fraction of sp³-hybridized carbons (Fsp3) is 0.375. The average molecular weight is 429 g/mol. The summed E-state index contributed by atoms with van der Waals surface area (Å²) in [6, 6.07) is 8.49. The Hall–Kier alpha value is -1.61. The largest absolute Gasteiger partial charge is 0.383 e. The van der Waals surface area contributed by atoms with Gasteiger partial charge < -0.3 is 19.9 Å². The summed E-state index contributed by atoms with van der Waals surface area (Å²) in [5.41, 5.74) is 2.46. The maximum Gasteiger partial charge on any atom is 0.191 e. The number of ether oxygens (including phenoxy) is 1. The molecule has 0 aliphatic carbocycles. The molecule has 0 bridgehead atoms. The summed E-state index contributed by atoms with van der Waals surface area (Å²) in [4.78, 5) is 8.25. The Morgan fingerprint density at radius 3 is 2.83 bits per heavy atom. The van der Waals surface area contributed by atoms with E-state index in [4.69, 9.17) is 4.74 Å². The Morgan fingerprint density at radius 1 is 1.30 bits per heavy atom. The van der Waals surface area contributed by atoms with Crippen molar-refractivity contribution in [1.82, 2.24) is 20.2 Å². The number of nitrogens with zero attached hydrogens (tertiary/aromatic N) is 3. The maximum absolute atomic E-state index is 5.01. The number of rotatable bonds is 7. The van der Waals surface area contributed by atoms with E-state index in [1.807, 2.05) is 12.5 Å². The van der Waals surface area contributed by atoms with Crippen molar-refractivity contribution in [3.63, 3.8) is 0 Å². The first kappa shape index (κ1) is 19.4. The minimum absolute atomic E-state index is 0. The van der Waals surface area contributed by atoms with E-state index in [0.29, 0.717) is 6.61 Å². The molecule has 1 heterocycles. The van der Waals surface area contributed by atoms with E-state index < -0.39 is 0 Å². The molecule has 1 aromatic carbocycles. The van der Waals surface area contributed by atoms with Gasteiger partial charge in [-0.25, -0.2) is 4.98 Å². The van der Waals surface area contributed by atoms with Gasteiger partial charge in [-0.3, -0.25) is 4.99 Å². The van der Waals surface area contributed by atoms with Crippen molar-refractivity contribution in [2.75, 3.05) is 27.3 Å². The van der Waals surface area contributed by atoms with Crippen LogP contribution < -0.4 is 10.6 Å². The van der Waals surface area contributed by atoms with Crippen LogP contribution in [0, 0.1) is 0 Å². The van der Waals surface area contributed by atoms with E-state index in [2.05, 4.69) is 49.4 Å². The molecule has 2 rings (SSSR count). The molecule has 2 aromatic rings. The van der Waals surface area contributed by atoms with Crippen molar-refractivity contribution in [3.8, 4) is 0 Å². The SMILES string of the molecule is CN=C(NCCOC)NCc1cccc(Cn2ccnc2)c1.I. The maximum atomic E-state index is 5.01. The predicted octanol–water partition coefficient (Wildman–Crippen LogP) is 1.86. The number of benzene rings is 1. The first-order valence-electron chi connectivity index (χ1n) is 7.29. The normalized spacial score (nSPS) is 11.0. The number of aromatic nitrogens is 2. The van der Waals surface area contributed by atoms with Crippen molar-refractivity contribution in [1.29, 1.82) is 0 Å². The lowest BCUT2D eigenvalue weighted by molar-refractivity contribution is 0.203. The van der Waals surface area contributed by atoms with Crippen LogP contribution in [-0.2, 0) is 17.8 Å². The number of aliphatic imine (C=N–C) groups is 1. The Morgan fingerprint density at radius 2 is 2.13 bits per heavy atom. The van der Waals surface area contributed by atoms with Crippen molar-refractivity contribution in [3.05, 3.63) is 54.1 Å². The zero-order valence-corrected chi connectivity index (χ0v) is 15.9. The van der Waals surface area contributed by atoms with Gasteiger partial charge in [-0.1, -0.05) is 24.3 Å². The minimum atomic E-state index is 0. The third kappa shape index (κ3) is 7.00. The standard InChI is InChI=1S/C16H23N5O.HI/c1-17-16(19-7-9-22-2)20-11-14-4-3-5-15(10-14)12-21-8-6-18-13-21;/h3-6,8,10,13H,7,9,11-12H2,1-2H3,(H2,17,19,20);1H. The van der Waals surface area contributed by atoms with Gasteiger partial charge in [-0.2, -0.15) is 0 Å². The quantitative estimate of drug-likeness (QED) is 0.305. The molecule has 0 saturated heterocycles. The molecular formula is C16H24IN5O. The molecule has 1 aromatic heterocycles. The Labute approximate surface area is 154 Å². The van der Waals surface area contributed by atoms with Crippen LogP contribution in [-0.4, -0.2) is 42.8 Å². The summed E-state index contributed by atoms with van der Waals surface area (Å²) in [5.74, 6) is 0.775. The van der Waals surface area contributed by atoms with Crippen LogP contribution in [0.3, 0.4) is 0 Å². The van der Waals surface area contributed by atoms with Crippen molar-refractivity contribution < 1.29 is 4.74 Å². The van der Waals surface area contributed by atoms with Crippen LogP contribution >= 0.6 is 24.0 Å². The number of methoxy groups -OCH3 is 1. The third-order valence-electron chi connectivity index (χ3n) is 3.20. The highest BCUT2D eigenvalue weighted by molar-refractivity contribution is 14.0. The smallest absolute Gasteiger partial charge is 0.191 e. The lowest BCUT2D eigenvalue weighted by Gasteiger charge is -2.12. The van der Waals surface area contributed by atoms with Gasteiger partial charge >= 0.3 is 0 Å². The molecule has 0 amide bonds. The van der Waals surface area contributed by atoms with Crippen LogP contribution in [0.1, 0.15) is 11.1 Å². The molecule has 0 aliphatic heterocycles. The lowest BCUT2D eigenvalue weighted by Crippen LogP contribution is -2.38. The van der Waals surface area contributed by atoms with E-state index in [0.717, 1.165) is 25.6 Å². The monoisotopic (exact) mass is 429 g/mol. The summed E-state index contributed by atoms with van der Waals surface area (Å²) in [6.07, 6.45) is 5.58. The highest BCUT2D eigenvalue weighted by Gasteiger charge is 2.00. The summed E-state index contributed by atoms with van der Waals surface area (Å²) in [5, 5.41) is 6.49. The highest BCUT2D eigenvalue weighted by Crippen LogP contribution is 2.07. The van der Waals surface area contributed by atoms with Crippen molar-refractivity contribution >= 4 is 29.9 Å². The van der Waals surface area contributed by atoms with Gasteiger partial charge in [0.1, 0.15) is 0 Å². The van der Waals surface area contributed by atoms with Crippen LogP contribution in [0.25, 0.3) is 0 Å². The van der Waals surface area contributed by atoms with Crippen LogP contribution in [0.4, 0.5) is 0 Å². The summed E-state index contributed by atoms with van der Waals surface area (Å²) >= 11 is 0. The molecule has 0 aliphatic rings. The Bertz CT molecular complexity index is 586. The number of guanidine groups is 1. The second kappa shape index (κ2) is 11.0. The van der Waals surface area contributed by atoms with Gasteiger partial charge in [0.25, 0.3) is 0 Å². The second-order valence-electron chi connectivity index (χ2n) is 4.90. The van der Waals surface area contributed by atoms with Gasteiger partial charge in [0.15, 0.2) is 5.96 Å². The second-order valence-corrected chi connectivity index (χ2v) is 4.90. The fourth-order valence-electron chi connectivity index (χ4n) is 2.11. The number of halogens is 1. The molecule has 0 fully saturated rings. The first-order chi connectivity index (χ1) is 10.8. The Kier molecular flexibility index (Phi) is 9.30. The molecular weight excluding hydrogens is 405 g/mol. The van der Waals surface area contributed by atoms with Crippen LogP contribution in [0.15, 0.2) is 48.0 Å². The summed E-state index contributed by atoms with van der Waals surface area (Å²) in [6.45, 7) is 2.94. The average Bonchev–Trinajstić information content (AvgIpc) is 3.04. The van der Waals surface area contributed by atoms with Crippen molar-refractivity contribution in [2.24, 2.45) is 4.99 Å². The molecule has 126 valence electrons. The Balaban J connectivity index is 0.00000264. The molecule has 0 atom stereocenters. The number of nitrogens with one attached hydrogen (secondary N) is 2. The minimum Gasteiger partial charge on any atom is -0.383 e. The predicted molar refractivity (Wildman–Crippen MR) is 103 cm³/mol. The van der Waals surface area contributed by atoms with Gasteiger partial charge in [-0.15, -0.1) is 24.0 Å². The van der Waals surface area contributed by atoms with Crippen molar-refractivity contribution in [2.45, 2.75) is 13.1 Å². The first-order valence-corrected chi connectivity index (χ1v) is 7.29. The summed E-state index contributed by atoms with van der Waals surface area (Å²) < 4.78 is 7.07. The molecule has 6 nitrogen and oxygen atoms in total. The van der Waals surface area contributed by atoms with Gasteiger partial charge in [0.05, 0.1) is 12.9 Å². The zero-order chi connectivity index (χ0) is 15.6. The van der Waals surface area contributed by atoms with Gasteiger partial charge in [0, 0.05) is 46.2 Å². The molecule has 0 unspecified atom stereocenters. The molecule has 2 N–H and O–H groups in total. The molecule has 0 saturated carbocycles. The van der Waals surface area contributed by atoms with E-state index >= 15 is 0 Å². The number of imidazole rings is 1. The lowest BCUT2D eigenvalue weighted by atomic mass is 10.1. The molecule has 23 heavy (non-hydrogen) atoms. The van der Waals surface area contributed by atoms with E-state index in [9.17, 15) is 0 Å². The van der Waals surface area contributed by atoms with E-state index in [1.165, 1.54) is 11.1 Å². The van der Waals surface area contributed by atoms with E-state index in [1.54, 1.807) is 20.4 Å². The fourth-order valence-corrected chi connectivity index (χ4v) is 2.11.